The summed E-state index contributed by atoms with van der Waals surface area (Å²) >= 11 is 0. The largest absolute Gasteiger partial charge is 0.308 e. The molecule has 2 nitrogen and oxygen atoms in total. The molecule has 1 heterocycles. The number of benzene rings is 3. The molecule has 0 aliphatic heterocycles. The molecule has 0 aliphatic rings. The number of hydrogen-bond acceptors (Lipinski definition) is 1. The molecule has 0 unspecified atom stereocenters. The third kappa shape index (κ3) is 2.22. The fraction of sp³-hybridized carbons (Fsp3) is 0.190. The predicted octanol–water partition coefficient (Wildman–Crippen LogP) is 5.11. The van der Waals surface area contributed by atoms with Gasteiger partial charge in [0.15, 0.2) is 0 Å². The Kier molecular flexibility index (Phi) is 3.38. The number of nitrogens with zero attached hydrogens (tertiary/aromatic N) is 1. The molecule has 0 saturated carbocycles. The van der Waals surface area contributed by atoms with Crippen LogP contribution in [0.25, 0.3) is 32.4 Å². The third-order valence-corrected chi connectivity index (χ3v) is 4.58. The van der Waals surface area contributed by atoms with Gasteiger partial charge in [-0.25, -0.2) is 0 Å². The van der Waals surface area contributed by atoms with Gasteiger partial charge in [0.05, 0.1) is 5.52 Å². The van der Waals surface area contributed by atoms with Crippen LogP contribution in [0, 0.1) is 0 Å². The van der Waals surface area contributed by atoms with Gasteiger partial charge in [0.2, 0.25) is 0 Å². The second kappa shape index (κ2) is 5.54. The minimum Gasteiger partial charge on any atom is -0.308 e. The van der Waals surface area contributed by atoms with Crippen molar-refractivity contribution < 1.29 is 0 Å². The van der Waals surface area contributed by atoms with Crippen LogP contribution in [0.15, 0.2) is 65.5 Å². The van der Waals surface area contributed by atoms with Crippen molar-refractivity contribution in [2.45, 2.75) is 26.3 Å². The summed E-state index contributed by atoms with van der Waals surface area (Å²) in [5.41, 5.74) is 1.16. The Morgan fingerprint density at radius 1 is 0.826 bits per heavy atom. The van der Waals surface area contributed by atoms with Crippen LogP contribution >= 0.6 is 0 Å². The normalized spacial score (nSPS) is 11.5. The highest BCUT2D eigenvalue weighted by Crippen LogP contribution is 2.27. The summed E-state index contributed by atoms with van der Waals surface area (Å²) in [6.45, 7) is 2.93. The van der Waals surface area contributed by atoms with Crippen molar-refractivity contribution in [1.29, 1.82) is 0 Å². The number of unbranched alkanes of at least 4 members (excludes halogenated alkanes) is 1. The molecule has 3 aromatic carbocycles. The fourth-order valence-corrected chi connectivity index (χ4v) is 3.36. The molecule has 0 amide bonds. The zero-order valence-corrected chi connectivity index (χ0v) is 13.3. The minimum absolute atomic E-state index is 0.122. The number of aryl methyl sites for hydroxylation is 1. The lowest BCUT2D eigenvalue weighted by Crippen LogP contribution is -2.21. The molecular formula is C21H19NO. The van der Waals surface area contributed by atoms with Crippen LogP contribution < -0.4 is 5.56 Å². The zero-order chi connectivity index (χ0) is 15.8. The first-order valence-corrected chi connectivity index (χ1v) is 8.23. The van der Waals surface area contributed by atoms with Crippen LogP contribution in [0.3, 0.4) is 0 Å². The highest BCUT2D eigenvalue weighted by molar-refractivity contribution is 6.10. The number of hydrogen-bond donors (Lipinski definition) is 0. The zero-order valence-electron chi connectivity index (χ0n) is 13.3. The van der Waals surface area contributed by atoms with Gasteiger partial charge < -0.3 is 4.57 Å². The van der Waals surface area contributed by atoms with E-state index in [1.165, 1.54) is 10.8 Å². The monoisotopic (exact) mass is 301 g/mol. The van der Waals surface area contributed by atoms with Crippen molar-refractivity contribution >= 4 is 32.4 Å². The molecule has 114 valence electrons. The van der Waals surface area contributed by atoms with E-state index >= 15 is 0 Å². The molecule has 0 spiro atoms. The molecule has 4 aromatic rings. The van der Waals surface area contributed by atoms with Crippen molar-refractivity contribution in [1.82, 2.24) is 4.57 Å². The summed E-state index contributed by atoms with van der Waals surface area (Å²) in [4.78, 5) is 12.9. The molecule has 0 atom stereocenters. The van der Waals surface area contributed by atoms with E-state index < -0.39 is 0 Å². The average molecular weight is 301 g/mol. The van der Waals surface area contributed by atoms with Crippen molar-refractivity contribution in [3.05, 3.63) is 71.0 Å². The van der Waals surface area contributed by atoms with Gasteiger partial charge >= 0.3 is 0 Å². The second-order valence-electron chi connectivity index (χ2n) is 6.07. The van der Waals surface area contributed by atoms with Gasteiger partial charge in [-0.15, -0.1) is 0 Å². The SMILES string of the molecule is CCCCn1c(=O)c2ccccc2c2cc3ccccc3cc21. The summed E-state index contributed by atoms with van der Waals surface area (Å²) in [5, 5.41) is 5.41. The van der Waals surface area contributed by atoms with E-state index in [0.717, 1.165) is 41.1 Å². The highest BCUT2D eigenvalue weighted by atomic mass is 16.1. The Morgan fingerprint density at radius 2 is 1.48 bits per heavy atom. The van der Waals surface area contributed by atoms with Gasteiger partial charge in [-0.3, -0.25) is 4.79 Å². The van der Waals surface area contributed by atoms with Gasteiger partial charge in [-0.05, 0) is 40.8 Å². The maximum atomic E-state index is 12.9. The molecule has 0 N–H and O–H groups in total. The van der Waals surface area contributed by atoms with Gasteiger partial charge in [0.25, 0.3) is 5.56 Å². The van der Waals surface area contributed by atoms with Crippen molar-refractivity contribution in [3.63, 3.8) is 0 Å². The quantitative estimate of drug-likeness (QED) is 0.381. The van der Waals surface area contributed by atoms with Crippen LogP contribution in [0.2, 0.25) is 0 Å². The van der Waals surface area contributed by atoms with Crippen molar-refractivity contribution in [2.24, 2.45) is 0 Å². The van der Waals surface area contributed by atoms with Crippen LogP contribution in [0.5, 0.6) is 0 Å². The Hall–Kier alpha value is -2.61. The third-order valence-electron chi connectivity index (χ3n) is 4.58. The topological polar surface area (TPSA) is 22.0 Å². The Labute approximate surface area is 135 Å². The molecule has 0 radical (unpaired) electrons. The van der Waals surface area contributed by atoms with E-state index in [1.54, 1.807) is 0 Å². The smallest absolute Gasteiger partial charge is 0.258 e. The van der Waals surface area contributed by atoms with Gasteiger partial charge in [-0.2, -0.15) is 0 Å². The lowest BCUT2D eigenvalue weighted by Gasteiger charge is -2.14. The Morgan fingerprint density at radius 3 is 2.22 bits per heavy atom. The van der Waals surface area contributed by atoms with Crippen LogP contribution in [-0.4, -0.2) is 4.57 Å². The molecule has 1 aromatic heterocycles. The summed E-state index contributed by atoms with van der Waals surface area (Å²) in [7, 11) is 0. The molecule has 0 aliphatic carbocycles. The molecule has 0 bridgehead atoms. The molecule has 4 rings (SSSR count). The summed E-state index contributed by atoms with van der Waals surface area (Å²) < 4.78 is 1.95. The maximum absolute atomic E-state index is 12.9. The minimum atomic E-state index is 0.122. The van der Waals surface area contributed by atoms with E-state index in [0.29, 0.717) is 0 Å². The number of pyridine rings is 1. The van der Waals surface area contributed by atoms with Gasteiger partial charge in [0.1, 0.15) is 0 Å². The maximum Gasteiger partial charge on any atom is 0.258 e. The van der Waals surface area contributed by atoms with Gasteiger partial charge in [-0.1, -0.05) is 55.8 Å². The van der Waals surface area contributed by atoms with Crippen molar-refractivity contribution in [2.75, 3.05) is 0 Å². The molecule has 23 heavy (non-hydrogen) atoms. The van der Waals surface area contributed by atoms with Crippen LogP contribution in [0.1, 0.15) is 19.8 Å². The first-order chi connectivity index (χ1) is 11.3. The molecule has 0 saturated heterocycles. The lowest BCUT2D eigenvalue weighted by molar-refractivity contribution is 0.635. The molecule has 2 heteroatoms. The summed E-state index contributed by atoms with van der Waals surface area (Å²) in [6, 6.07) is 20.7. The average Bonchev–Trinajstić information content (AvgIpc) is 2.60. The van der Waals surface area contributed by atoms with E-state index in [9.17, 15) is 4.79 Å². The summed E-state index contributed by atoms with van der Waals surface area (Å²) in [6.07, 6.45) is 2.09. The van der Waals surface area contributed by atoms with Crippen molar-refractivity contribution in [3.8, 4) is 0 Å². The number of fused-ring (bicyclic) bond motifs is 4. The highest BCUT2D eigenvalue weighted by Gasteiger charge is 2.11. The summed E-state index contributed by atoms with van der Waals surface area (Å²) in [5.74, 6) is 0. The first-order valence-electron chi connectivity index (χ1n) is 8.23. The lowest BCUT2D eigenvalue weighted by atomic mass is 10.0. The number of aromatic nitrogens is 1. The predicted molar refractivity (Wildman–Crippen MR) is 98.1 cm³/mol. The van der Waals surface area contributed by atoms with Crippen LogP contribution in [-0.2, 0) is 6.54 Å². The van der Waals surface area contributed by atoms with E-state index in [-0.39, 0.29) is 5.56 Å². The second-order valence-corrected chi connectivity index (χ2v) is 6.07. The van der Waals surface area contributed by atoms with Crippen LogP contribution in [0.4, 0.5) is 0 Å². The van der Waals surface area contributed by atoms with Gasteiger partial charge in [0, 0.05) is 17.3 Å². The van der Waals surface area contributed by atoms with E-state index in [1.807, 2.05) is 28.8 Å². The first kappa shape index (κ1) is 14.0. The Bertz CT molecular complexity index is 1080. The number of rotatable bonds is 3. The standard InChI is InChI=1S/C21H19NO/c1-2-3-12-22-20-14-16-9-5-4-8-15(16)13-19(20)17-10-6-7-11-18(17)21(22)23/h4-11,13-14H,2-3,12H2,1H3. The molecule has 0 fully saturated rings. The fourth-order valence-electron chi connectivity index (χ4n) is 3.36. The van der Waals surface area contributed by atoms with E-state index in [4.69, 9.17) is 0 Å². The molecular weight excluding hydrogens is 282 g/mol. The van der Waals surface area contributed by atoms with E-state index in [2.05, 4.69) is 43.3 Å². The Balaban J connectivity index is 2.20.